The van der Waals surface area contributed by atoms with Gasteiger partial charge in [0, 0.05) is 44.5 Å². The van der Waals surface area contributed by atoms with Crippen LogP contribution in [0.5, 0.6) is 0 Å². The van der Waals surface area contributed by atoms with Crippen LogP contribution in [0.2, 0.25) is 0 Å². The monoisotopic (exact) mass is 464 g/mol. The summed E-state index contributed by atoms with van der Waals surface area (Å²) in [5, 5.41) is 2.92. The molecule has 7 nitrogen and oxygen atoms in total. The topological polar surface area (TPSA) is 73.0 Å². The van der Waals surface area contributed by atoms with Crippen molar-refractivity contribution in [3.05, 3.63) is 64.7 Å². The quantitative estimate of drug-likeness (QED) is 0.683. The third kappa shape index (κ3) is 6.23. The first-order valence-corrected chi connectivity index (χ1v) is 11.9. The summed E-state index contributed by atoms with van der Waals surface area (Å²) in [6, 6.07) is 13.2. The lowest BCUT2D eigenvalue weighted by molar-refractivity contribution is -0.138. The van der Waals surface area contributed by atoms with Gasteiger partial charge in [-0.15, -0.1) is 0 Å². The van der Waals surface area contributed by atoms with Crippen molar-refractivity contribution >= 4 is 23.4 Å². The molecule has 1 atom stereocenters. The predicted molar refractivity (Wildman–Crippen MR) is 135 cm³/mol. The van der Waals surface area contributed by atoms with Gasteiger partial charge in [-0.05, 0) is 51.0 Å². The number of nitrogens with one attached hydrogen (secondary N) is 1. The molecule has 1 aliphatic rings. The smallest absolute Gasteiger partial charge is 0.253 e. The summed E-state index contributed by atoms with van der Waals surface area (Å²) in [5.74, 6) is -0.285. The van der Waals surface area contributed by atoms with Crippen molar-refractivity contribution in [2.24, 2.45) is 0 Å². The number of carbonyl (C=O) groups excluding carboxylic acids is 3. The van der Waals surface area contributed by atoms with E-state index in [1.165, 1.54) is 4.90 Å². The van der Waals surface area contributed by atoms with Crippen molar-refractivity contribution in [3.63, 3.8) is 0 Å². The van der Waals surface area contributed by atoms with Crippen molar-refractivity contribution in [1.82, 2.24) is 14.7 Å². The molecule has 1 unspecified atom stereocenters. The molecule has 0 bridgehead atoms. The Morgan fingerprint density at radius 3 is 2.24 bits per heavy atom. The van der Waals surface area contributed by atoms with Gasteiger partial charge in [-0.1, -0.05) is 42.3 Å². The maximum atomic E-state index is 13.0. The Balaban J connectivity index is 1.51. The van der Waals surface area contributed by atoms with Crippen molar-refractivity contribution in [2.45, 2.75) is 40.2 Å². The SMILES string of the molecule is CCc1ccccc1NC(=O)CN(C)C(=O)C(C)N1CCN(C(=O)c2cc(C)cc(C)c2)CC1. The van der Waals surface area contributed by atoms with Crippen LogP contribution >= 0.6 is 0 Å². The molecule has 1 saturated heterocycles. The van der Waals surface area contributed by atoms with Crippen LogP contribution in [-0.2, 0) is 16.0 Å². The van der Waals surface area contributed by atoms with Crippen molar-refractivity contribution in [2.75, 3.05) is 45.1 Å². The fraction of sp³-hybridized carbons (Fsp3) is 0.444. The molecule has 1 aliphatic heterocycles. The number of rotatable bonds is 7. The van der Waals surface area contributed by atoms with Gasteiger partial charge in [-0.2, -0.15) is 0 Å². The fourth-order valence-corrected chi connectivity index (χ4v) is 4.50. The molecule has 2 aromatic rings. The molecule has 1 N–H and O–H groups in total. The number of hydrogen-bond donors (Lipinski definition) is 1. The molecule has 0 radical (unpaired) electrons. The van der Waals surface area contributed by atoms with E-state index in [1.54, 1.807) is 7.05 Å². The Morgan fingerprint density at radius 2 is 1.62 bits per heavy atom. The maximum Gasteiger partial charge on any atom is 0.253 e. The van der Waals surface area contributed by atoms with Crippen LogP contribution in [-0.4, -0.2) is 78.2 Å². The summed E-state index contributed by atoms with van der Waals surface area (Å²) in [5.41, 5.74) is 4.71. The first-order valence-electron chi connectivity index (χ1n) is 11.9. The first-order chi connectivity index (χ1) is 16.2. The van der Waals surface area contributed by atoms with Crippen molar-refractivity contribution < 1.29 is 14.4 Å². The molecule has 0 aromatic heterocycles. The third-order valence-electron chi connectivity index (χ3n) is 6.40. The highest BCUT2D eigenvalue weighted by molar-refractivity contribution is 5.96. The number of anilines is 1. The number of amides is 3. The molecule has 34 heavy (non-hydrogen) atoms. The second kappa shape index (κ2) is 11.3. The van der Waals surface area contributed by atoms with E-state index in [-0.39, 0.29) is 30.3 Å². The Bertz CT molecular complexity index is 1020. The summed E-state index contributed by atoms with van der Waals surface area (Å²) < 4.78 is 0. The normalized spacial score (nSPS) is 15.0. The van der Waals surface area contributed by atoms with Gasteiger partial charge in [0.05, 0.1) is 12.6 Å². The Labute approximate surface area is 202 Å². The fourth-order valence-electron chi connectivity index (χ4n) is 4.50. The van der Waals surface area contributed by atoms with Gasteiger partial charge in [0.2, 0.25) is 11.8 Å². The van der Waals surface area contributed by atoms with Gasteiger partial charge in [0.15, 0.2) is 0 Å². The summed E-state index contributed by atoms with van der Waals surface area (Å²) in [6.45, 7) is 10.3. The lowest BCUT2D eigenvalue weighted by atomic mass is 10.1. The summed E-state index contributed by atoms with van der Waals surface area (Å²) in [6.07, 6.45) is 0.820. The van der Waals surface area contributed by atoms with E-state index in [2.05, 4.69) is 16.3 Å². The number of benzene rings is 2. The van der Waals surface area contributed by atoms with Crippen LogP contribution < -0.4 is 5.32 Å². The second-order valence-corrected chi connectivity index (χ2v) is 9.13. The number of likely N-dealkylation sites (N-methyl/N-ethyl adjacent to an activating group) is 1. The molecule has 0 aliphatic carbocycles. The number of hydrogen-bond acceptors (Lipinski definition) is 4. The van der Waals surface area contributed by atoms with E-state index in [1.807, 2.05) is 69.0 Å². The minimum atomic E-state index is -0.362. The molecule has 3 amide bonds. The Hall–Kier alpha value is -3.19. The highest BCUT2D eigenvalue weighted by Gasteiger charge is 2.30. The van der Waals surface area contributed by atoms with E-state index in [0.717, 1.165) is 28.8 Å². The van der Waals surface area contributed by atoms with Gasteiger partial charge in [0.1, 0.15) is 0 Å². The highest BCUT2D eigenvalue weighted by Crippen LogP contribution is 2.17. The lowest BCUT2D eigenvalue weighted by Gasteiger charge is -2.38. The van der Waals surface area contributed by atoms with Gasteiger partial charge < -0.3 is 15.1 Å². The molecular formula is C27H36N4O3. The van der Waals surface area contributed by atoms with Gasteiger partial charge in [-0.25, -0.2) is 0 Å². The summed E-state index contributed by atoms with van der Waals surface area (Å²) >= 11 is 0. The molecule has 3 rings (SSSR count). The molecule has 182 valence electrons. The summed E-state index contributed by atoms with van der Waals surface area (Å²) in [7, 11) is 1.66. The third-order valence-corrected chi connectivity index (χ3v) is 6.40. The first kappa shape index (κ1) is 25.4. The second-order valence-electron chi connectivity index (χ2n) is 9.13. The van der Waals surface area contributed by atoms with Crippen LogP contribution in [0.3, 0.4) is 0 Å². The number of nitrogens with zero attached hydrogens (tertiary/aromatic N) is 3. The average Bonchev–Trinajstić information content (AvgIpc) is 2.82. The van der Waals surface area contributed by atoms with E-state index in [9.17, 15) is 14.4 Å². The van der Waals surface area contributed by atoms with Crippen molar-refractivity contribution in [1.29, 1.82) is 0 Å². The minimum absolute atomic E-state index is 0.00756. The molecule has 0 saturated carbocycles. The van der Waals surface area contributed by atoms with E-state index < -0.39 is 0 Å². The van der Waals surface area contributed by atoms with Crippen molar-refractivity contribution in [3.8, 4) is 0 Å². The molecule has 7 heteroatoms. The van der Waals surface area contributed by atoms with Crippen LogP contribution in [0.4, 0.5) is 5.69 Å². The zero-order valence-corrected chi connectivity index (χ0v) is 20.9. The Morgan fingerprint density at radius 1 is 1.00 bits per heavy atom. The number of para-hydroxylation sites is 1. The highest BCUT2D eigenvalue weighted by atomic mass is 16.2. The van der Waals surface area contributed by atoms with E-state index in [4.69, 9.17) is 0 Å². The van der Waals surface area contributed by atoms with Crippen LogP contribution in [0, 0.1) is 13.8 Å². The zero-order chi connectivity index (χ0) is 24.8. The van der Waals surface area contributed by atoms with Crippen LogP contribution in [0.25, 0.3) is 0 Å². The molecule has 0 spiro atoms. The largest absolute Gasteiger partial charge is 0.336 e. The van der Waals surface area contributed by atoms with E-state index >= 15 is 0 Å². The number of piperazine rings is 1. The molecule has 1 fully saturated rings. The average molecular weight is 465 g/mol. The minimum Gasteiger partial charge on any atom is -0.336 e. The van der Waals surface area contributed by atoms with Crippen LogP contribution in [0.15, 0.2) is 42.5 Å². The number of carbonyl (C=O) groups is 3. The van der Waals surface area contributed by atoms with Crippen LogP contribution in [0.1, 0.15) is 40.9 Å². The summed E-state index contributed by atoms with van der Waals surface area (Å²) in [4.78, 5) is 43.9. The van der Waals surface area contributed by atoms with Gasteiger partial charge in [0.25, 0.3) is 5.91 Å². The zero-order valence-electron chi connectivity index (χ0n) is 20.9. The molecular weight excluding hydrogens is 428 g/mol. The lowest BCUT2D eigenvalue weighted by Crippen LogP contribution is -2.55. The van der Waals surface area contributed by atoms with E-state index in [0.29, 0.717) is 31.7 Å². The maximum absolute atomic E-state index is 13.0. The Kier molecular flexibility index (Phi) is 8.45. The predicted octanol–water partition coefficient (Wildman–Crippen LogP) is 3.11. The molecule has 1 heterocycles. The number of aryl methyl sites for hydroxylation is 3. The molecule has 2 aromatic carbocycles. The van der Waals surface area contributed by atoms with Gasteiger partial charge in [-0.3, -0.25) is 19.3 Å². The standard InChI is InChI=1S/C27H36N4O3/c1-6-22-9-7-8-10-24(22)28-25(32)18-29(5)26(33)21(4)30-11-13-31(14-12-30)27(34)23-16-19(2)15-20(3)17-23/h7-10,15-17,21H,6,11-14,18H2,1-5H3,(H,28,32). The van der Waals surface area contributed by atoms with Gasteiger partial charge >= 0.3 is 0 Å².